The molecule has 0 aromatic heterocycles. The van der Waals surface area contributed by atoms with E-state index >= 15 is 0 Å². The lowest BCUT2D eigenvalue weighted by molar-refractivity contribution is -0.119. The molecule has 2 saturated heterocycles. The number of carbonyl (C=O) groups is 2. The molecule has 0 bridgehead atoms. The third kappa shape index (κ3) is 2.76. The minimum Gasteiger partial charge on any atom is -0.444 e. The van der Waals surface area contributed by atoms with Gasteiger partial charge in [0.15, 0.2) is 5.78 Å². The Balaban J connectivity index is 1.88. The molecule has 6 nitrogen and oxygen atoms in total. The minimum atomic E-state index is -0.526. The van der Waals surface area contributed by atoms with Crippen LogP contribution in [-0.4, -0.2) is 48.8 Å². The summed E-state index contributed by atoms with van der Waals surface area (Å²) in [5.41, 5.74) is -0.526. The van der Waals surface area contributed by atoms with Crippen molar-refractivity contribution in [3.05, 3.63) is 0 Å². The number of alkyl carbamates (subject to hydrolysis) is 1. The molecule has 0 aromatic carbocycles. The number of fused-ring (bicyclic) bond motifs is 1. The van der Waals surface area contributed by atoms with Crippen LogP contribution in [0, 0.1) is 0 Å². The number of amides is 1. The first-order valence-electron chi connectivity index (χ1n) is 5.74. The van der Waals surface area contributed by atoms with E-state index < -0.39 is 11.7 Å². The van der Waals surface area contributed by atoms with E-state index in [1.165, 1.54) is 0 Å². The first-order valence-corrected chi connectivity index (χ1v) is 5.74. The summed E-state index contributed by atoms with van der Waals surface area (Å²) in [5.74, 6) is 0.0449. The lowest BCUT2D eigenvalue weighted by atomic mass is 10.1. The first kappa shape index (κ1) is 12.3. The molecule has 2 fully saturated rings. The summed E-state index contributed by atoms with van der Waals surface area (Å²) in [6, 6.07) is -0.490. The van der Waals surface area contributed by atoms with Crippen LogP contribution >= 0.6 is 0 Å². The van der Waals surface area contributed by atoms with Crippen molar-refractivity contribution in [3.8, 4) is 0 Å². The van der Waals surface area contributed by atoms with E-state index in [9.17, 15) is 9.59 Å². The zero-order valence-corrected chi connectivity index (χ0v) is 10.3. The number of ether oxygens (including phenoxy) is 2. The topological polar surface area (TPSA) is 76.7 Å². The molecule has 2 aliphatic rings. The lowest BCUT2D eigenvalue weighted by Gasteiger charge is -2.23. The largest absolute Gasteiger partial charge is 0.444 e. The van der Waals surface area contributed by atoms with Gasteiger partial charge in [0.25, 0.3) is 0 Å². The maximum absolute atomic E-state index is 11.6. The second kappa shape index (κ2) is 4.27. The SMILES string of the molecule is CC(C)(C)OC(=O)N[C@H]1CN[C@@H]2C(=O)CO[C@H]12. The van der Waals surface area contributed by atoms with E-state index in [0.717, 1.165) is 0 Å². The normalized spacial score (nSPS) is 32.4. The zero-order valence-electron chi connectivity index (χ0n) is 10.3. The van der Waals surface area contributed by atoms with E-state index in [0.29, 0.717) is 6.54 Å². The van der Waals surface area contributed by atoms with Gasteiger partial charge in [0, 0.05) is 6.54 Å². The molecular weight excluding hydrogens is 224 g/mol. The molecule has 1 amide bonds. The van der Waals surface area contributed by atoms with Crippen molar-refractivity contribution in [2.45, 2.75) is 44.6 Å². The predicted molar refractivity (Wildman–Crippen MR) is 59.7 cm³/mol. The van der Waals surface area contributed by atoms with Crippen LogP contribution in [0.4, 0.5) is 4.79 Å². The Bertz CT molecular complexity index is 337. The molecule has 17 heavy (non-hydrogen) atoms. The van der Waals surface area contributed by atoms with Crippen LogP contribution in [0.5, 0.6) is 0 Å². The van der Waals surface area contributed by atoms with E-state index in [2.05, 4.69) is 10.6 Å². The van der Waals surface area contributed by atoms with Gasteiger partial charge in [0.2, 0.25) is 0 Å². The molecule has 2 rings (SSSR count). The molecule has 2 heterocycles. The summed E-state index contributed by atoms with van der Waals surface area (Å²) < 4.78 is 10.5. The molecule has 0 aromatic rings. The van der Waals surface area contributed by atoms with Gasteiger partial charge in [-0.15, -0.1) is 0 Å². The third-order valence-electron chi connectivity index (χ3n) is 2.75. The second-order valence-electron chi connectivity index (χ2n) is 5.38. The average molecular weight is 242 g/mol. The fourth-order valence-electron chi connectivity index (χ4n) is 2.09. The quantitative estimate of drug-likeness (QED) is 0.667. The first-order chi connectivity index (χ1) is 7.87. The molecule has 0 spiro atoms. The highest BCUT2D eigenvalue weighted by Crippen LogP contribution is 2.20. The monoisotopic (exact) mass is 242 g/mol. The number of nitrogens with one attached hydrogen (secondary N) is 2. The molecule has 2 N–H and O–H groups in total. The average Bonchev–Trinajstić information content (AvgIpc) is 2.69. The van der Waals surface area contributed by atoms with Gasteiger partial charge in [-0.05, 0) is 20.8 Å². The minimum absolute atomic E-state index is 0.0449. The van der Waals surface area contributed by atoms with Gasteiger partial charge < -0.3 is 20.1 Å². The predicted octanol–water partition coefficient (Wildman–Crippen LogP) is -0.181. The zero-order chi connectivity index (χ0) is 12.6. The number of hydrogen-bond acceptors (Lipinski definition) is 5. The highest BCUT2D eigenvalue weighted by atomic mass is 16.6. The van der Waals surface area contributed by atoms with Crippen LogP contribution in [0.2, 0.25) is 0 Å². The Morgan fingerprint density at radius 2 is 2.24 bits per heavy atom. The molecule has 2 aliphatic heterocycles. The van der Waals surface area contributed by atoms with E-state index in [1.54, 1.807) is 20.8 Å². The Hall–Kier alpha value is -1.14. The number of rotatable bonds is 1. The van der Waals surface area contributed by atoms with Gasteiger partial charge in [0.1, 0.15) is 18.3 Å². The third-order valence-corrected chi connectivity index (χ3v) is 2.75. The number of carbonyl (C=O) groups excluding carboxylic acids is 2. The van der Waals surface area contributed by atoms with Crippen LogP contribution in [0.25, 0.3) is 0 Å². The van der Waals surface area contributed by atoms with Crippen molar-refractivity contribution >= 4 is 11.9 Å². The smallest absolute Gasteiger partial charge is 0.408 e. The van der Waals surface area contributed by atoms with Crippen molar-refractivity contribution in [1.29, 1.82) is 0 Å². The van der Waals surface area contributed by atoms with Gasteiger partial charge in [-0.3, -0.25) is 4.79 Å². The fraction of sp³-hybridized carbons (Fsp3) is 0.818. The van der Waals surface area contributed by atoms with E-state index in [-0.39, 0.29) is 30.6 Å². The highest BCUT2D eigenvalue weighted by molar-refractivity contribution is 5.88. The van der Waals surface area contributed by atoms with Crippen molar-refractivity contribution in [2.75, 3.05) is 13.2 Å². The van der Waals surface area contributed by atoms with Crippen LogP contribution in [0.3, 0.4) is 0 Å². The summed E-state index contributed by atoms with van der Waals surface area (Å²) in [6.45, 7) is 6.06. The maximum Gasteiger partial charge on any atom is 0.408 e. The Morgan fingerprint density at radius 1 is 1.53 bits per heavy atom. The molecular formula is C11H18N2O4. The number of hydrogen-bond donors (Lipinski definition) is 2. The fourth-order valence-corrected chi connectivity index (χ4v) is 2.09. The molecule has 0 saturated carbocycles. The molecule has 6 heteroatoms. The van der Waals surface area contributed by atoms with E-state index in [1.807, 2.05) is 0 Å². The van der Waals surface area contributed by atoms with Crippen LogP contribution < -0.4 is 10.6 Å². The molecule has 96 valence electrons. The van der Waals surface area contributed by atoms with Gasteiger partial charge in [-0.25, -0.2) is 4.79 Å². The Morgan fingerprint density at radius 3 is 2.88 bits per heavy atom. The summed E-state index contributed by atoms with van der Waals surface area (Å²) in [7, 11) is 0. The number of ketones is 1. The molecule has 0 aliphatic carbocycles. The lowest BCUT2D eigenvalue weighted by Crippen LogP contribution is -2.46. The van der Waals surface area contributed by atoms with Gasteiger partial charge >= 0.3 is 6.09 Å². The standard InChI is InChI=1S/C11H18N2O4/c1-11(2,3)17-10(15)13-6-4-12-8-7(14)5-16-9(6)8/h6,8-9,12H,4-5H2,1-3H3,(H,13,15)/t6-,8+,9+/m0/s1. The summed E-state index contributed by atoms with van der Waals surface area (Å²) in [4.78, 5) is 23.0. The highest BCUT2D eigenvalue weighted by Gasteiger charge is 2.46. The van der Waals surface area contributed by atoms with Gasteiger partial charge in [-0.2, -0.15) is 0 Å². The maximum atomic E-state index is 11.6. The van der Waals surface area contributed by atoms with Crippen LogP contribution in [0.15, 0.2) is 0 Å². The molecule has 0 unspecified atom stereocenters. The van der Waals surface area contributed by atoms with Crippen LogP contribution in [-0.2, 0) is 14.3 Å². The molecule has 0 radical (unpaired) electrons. The van der Waals surface area contributed by atoms with Crippen molar-refractivity contribution in [2.24, 2.45) is 0 Å². The molecule has 3 atom stereocenters. The summed E-state index contributed by atoms with van der Waals surface area (Å²) >= 11 is 0. The van der Waals surface area contributed by atoms with Crippen molar-refractivity contribution in [1.82, 2.24) is 10.6 Å². The van der Waals surface area contributed by atoms with Gasteiger partial charge in [0.05, 0.1) is 12.1 Å². The Labute approximate surface area is 100 Å². The summed E-state index contributed by atoms with van der Waals surface area (Å²) in [5, 5.41) is 5.77. The second-order valence-corrected chi connectivity index (χ2v) is 5.38. The number of Topliss-reactive ketones (excluding diaryl/α,β-unsaturated/α-hetero) is 1. The van der Waals surface area contributed by atoms with Gasteiger partial charge in [-0.1, -0.05) is 0 Å². The van der Waals surface area contributed by atoms with E-state index in [4.69, 9.17) is 9.47 Å². The van der Waals surface area contributed by atoms with Crippen molar-refractivity contribution < 1.29 is 19.1 Å². The van der Waals surface area contributed by atoms with Crippen molar-refractivity contribution in [3.63, 3.8) is 0 Å². The summed E-state index contributed by atoms with van der Waals surface area (Å²) in [6.07, 6.45) is -0.747. The van der Waals surface area contributed by atoms with Crippen LogP contribution in [0.1, 0.15) is 20.8 Å². The Kier molecular flexibility index (Phi) is 3.09.